The molecule has 1 amide bonds. The van der Waals surface area contributed by atoms with Crippen molar-refractivity contribution in [3.63, 3.8) is 0 Å². The Labute approximate surface area is 234 Å². The number of nitrogens with zero attached hydrogens (tertiary/aromatic N) is 2. The number of phenolic OH excluding ortho intramolecular Hbond substituents is 1. The maximum Gasteiger partial charge on any atom is 0.294 e. The van der Waals surface area contributed by atoms with Gasteiger partial charge in [0, 0.05) is 5.39 Å². The third-order valence-electron chi connectivity index (χ3n) is 5.78. The van der Waals surface area contributed by atoms with Gasteiger partial charge in [-0.05, 0) is 54.6 Å². The third-order valence-corrected chi connectivity index (χ3v) is 7.35. The van der Waals surface area contributed by atoms with E-state index in [1.54, 1.807) is 56.3 Å². The largest absolute Gasteiger partial charge is 0.505 e. The first-order valence-corrected chi connectivity index (χ1v) is 13.9. The molecule has 12 heteroatoms. The van der Waals surface area contributed by atoms with Crippen molar-refractivity contribution in [2.75, 3.05) is 11.9 Å². The first-order chi connectivity index (χ1) is 18.5. The predicted molar refractivity (Wildman–Crippen MR) is 151 cm³/mol. The van der Waals surface area contributed by atoms with Crippen LogP contribution >= 0.6 is 23.2 Å². The van der Waals surface area contributed by atoms with Gasteiger partial charge in [-0.15, -0.1) is 10.2 Å². The van der Waals surface area contributed by atoms with E-state index < -0.39 is 26.7 Å². The van der Waals surface area contributed by atoms with Gasteiger partial charge in [0.25, 0.3) is 16.0 Å². The second-order valence-electron chi connectivity index (χ2n) is 8.29. The summed E-state index contributed by atoms with van der Waals surface area (Å²) in [6.45, 7) is 3.86. The number of halogens is 2. The summed E-state index contributed by atoms with van der Waals surface area (Å²) in [5.41, 5.74) is 0.556. The van der Waals surface area contributed by atoms with E-state index in [-0.39, 0.29) is 27.7 Å². The number of carbonyl (C=O) groups excluding carboxylic acids is 1. The molecule has 0 aliphatic heterocycles. The minimum absolute atomic E-state index is 0.0396. The van der Waals surface area contributed by atoms with Crippen LogP contribution in [0.25, 0.3) is 10.8 Å². The molecule has 0 radical (unpaired) electrons. The SMILES string of the molecule is CCOc1c(Cl)cccc1NC(=O)c1cc2ccccc2c(N=Nc2cc(S(=O)(=O)O)cc(CC)c2Cl)c1O. The number of aryl methyl sites for hydroxylation is 1. The van der Waals surface area contributed by atoms with Crippen LogP contribution in [0.5, 0.6) is 11.5 Å². The molecule has 0 saturated heterocycles. The van der Waals surface area contributed by atoms with Crippen molar-refractivity contribution in [3.8, 4) is 11.5 Å². The van der Waals surface area contributed by atoms with Gasteiger partial charge in [0.1, 0.15) is 11.4 Å². The fourth-order valence-electron chi connectivity index (χ4n) is 3.90. The topological polar surface area (TPSA) is 138 Å². The van der Waals surface area contributed by atoms with Crippen molar-refractivity contribution >= 4 is 67.1 Å². The molecule has 39 heavy (non-hydrogen) atoms. The number of azo groups is 1. The Kier molecular flexibility index (Phi) is 8.41. The van der Waals surface area contributed by atoms with Crippen LogP contribution in [-0.4, -0.2) is 30.6 Å². The maximum atomic E-state index is 13.3. The van der Waals surface area contributed by atoms with Gasteiger partial charge in [0.2, 0.25) is 0 Å². The number of carbonyl (C=O) groups is 1. The number of benzene rings is 4. The zero-order chi connectivity index (χ0) is 28.3. The van der Waals surface area contributed by atoms with E-state index in [0.717, 1.165) is 6.07 Å². The minimum Gasteiger partial charge on any atom is -0.505 e. The van der Waals surface area contributed by atoms with Crippen LogP contribution in [0.3, 0.4) is 0 Å². The van der Waals surface area contributed by atoms with Gasteiger partial charge in [-0.2, -0.15) is 8.42 Å². The summed E-state index contributed by atoms with van der Waals surface area (Å²) >= 11 is 12.6. The average molecular weight is 588 g/mol. The Hall–Kier alpha value is -3.70. The number of fused-ring (bicyclic) bond motifs is 1. The molecule has 3 N–H and O–H groups in total. The van der Waals surface area contributed by atoms with E-state index in [1.807, 2.05) is 0 Å². The molecule has 0 aliphatic carbocycles. The zero-order valence-corrected chi connectivity index (χ0v) is 23.1. The number of amides is 1. The van der Waals surface area contributed by atoms with Crippen LogP contribution in [0.4, 0.5) is 17.1 Å². The highest BCUT2D eigenvalue weighted by Gasteiger charge is 2.21. The fourth-order valence-corrected chi connectivity index (χ4v) is 4.96. The van der Waals surface area contributed by atoms with Gasteiger partial charge in [0.05, 0.1) is 32.8 Å². The van der Waals surface area contributed by atoms with Gasteiger partial charge in [0.15, 0.2) is 11.5 Å². The summed E-state index contributed by atoms with van der Waals surface area (Å²) in [7, 11) is -4.54. The summed E-state index contributed by atoms with van der Waals surface area (Å²) in [5.74, 6) is -0.833. The number of anilines is 1. The van der Waals surface area contributed by atoms with E-state index in [9.17, 15) is 22.9 Å². The second kappa shape index (κ2) is 11.6. The van der Waals surface area contributed by atoms with Crippen molar-refractivity contribution in [1.29, 1.82) is 0 Å². The Bertz CT molecular complexity index is 1720. The molecule has 4 aromatic carbocycles. The number of nitrogens with one attached hydrogen (secondary N) is 1. The first-order valence-electron chi connectivity index (χ1n) is 11.7. The average Bonchev–Trinajstić information content (AvgIpc) is 2.90. The van der Waals surface area contributed by atoms with Crippen molar-refractivity contribution in [3.05, 3.63) is 81.8 Å². The number of para-hydroxylation sites is 1. The number of aromatic hydroxyl groups is 1. The van der Waals surface area contributed by atoms with E-state index in [0.29, 0.717) is 40.1 Å². The number of hydrogen-bond donors (Lipinski definition) is 3. The fraction of sp³-hybridized carbons (Fsp3) is 0.148. The minimum atomic E-state index is -4.54. The van der Waals surface area contributed by atoms with Gasteiger partial charge in [-0.25, -0.2) is 0 Å². The molecule has 0 fully saturated rings. The molecule has 9 nitrogen and oxygen atoms in total. The van der Waals surface area contributed by atoms with Gasteiger partial charge in [-0.1, -0.05) is 60.5 Å². The maximum absolute atomic E-state index is 13.3. The molecule has 0 spiro atoms. The number of rotatable bonds is 8. The molecule has 0 bridgehead atoms. The molecule has 0 saturated carbocycles. The molecule has 0 atom stereocenters. The lowest BCUT2D eigenvalue weighted by molar-refractivity contribution is 0.102. The molecule has 0 aromatic heterocycles. The molecular formula is C27H23Cl2N3O6S. The van der Waals surface area contributed by atoms with E-state index in [4.69, 9.17) is 27.9 Å². The number of ether oxygens (including phenoxy) is 1. The number of hydrogen-bond acceptors (Lipinski definition) is 7. The lowest BCUT2D eigenvalue weighted by atomic mass is 10.0. The van der Waals surface area contributed by atoms with Crippen molar-refractivity contribution < 1.29 is 27.6 Å². The molecule has 202 valence electrons. The predicted octanol–water partition coefficient (Wildman–Crippen LogP) is 7.73. The van der Waals surface area contributed by atoms with Crippen LogP contribution in [0.15, 0.2) is 75.8 Å². The van der Waals surface area contributed by atoms with Gasteiger partial charge in [-0.3, -0.25) is 9.35 Å². The zero-order valence-electron chi connectivity index (χ0n) is 20.8. The second-order valence-corrected chi connectivity index (χ2v) is 10.5. The highest BCUT2D eigenvalue weighted by molar-refractivity contribution is 7.85. The summed E-state index contributed by atoms with van der Waals surface area (Å²) in [6.07, 6.45) is 0.363. The first kappa shape index (κ1) is 28.3. The summed E-state index contributed by atoms with van der Waals surface area (Å²) in [5, 5.41) is 23.6. The summed E-state index contributed by atoms with van der Waals surface area (Å²) < 4.78 is 38.6. The smallest absolute Gasteiger partial charge is 0.294 e. The van der Waals surface area contributed by atoms with Crippen molar-refractivity contribution in [1.82, 2.24) is 0 Å². The van der Waals surface area contributed by atoms with E-state index >= 15 is 0 Å². The third kappa shape index (κ3) is 5.99. The molecule has 0 unspecified atom stereocenters. The molecule has 0 heterocycles. The van der Waals surface area contributed by atoms with Gasteiger partial charge >= 0.3 is 0 Å². The van der Waals surface area contributed by atoms with Crippen LogP contribution in [0.1, 0.15) is 29.8 Å². The Morgan fingerprint density at radius 2 is 1.77 bits per heavy atom. The van der Waals surface area contributed by atoms with Crippen LogP contribution < -0.4 is 10.1 Å². The monoisotopic (exact) mass is 587 g/mol. The van der Waals surface area contributed by atoms with Crippen LogP contribution in [0.2, 0.25) is 10.0 Å². The van der Waals surface area contributed by atoms with E-state index in [1.165, 1.54) is 12.1 Å². The summed E-state index contributed by atoms with van der Waals surface area (Å²) in [6, 6.07) is 15.6. The Balaban J connectivity index is 1.83. The molecule has 0 aliphatic rings. The highest BCUT2D eigenvalue weighted by atomic mass is 35.5. The van der Waals surface area contributed by atoms with Crippen LogP contribution in [0, 0.1) is 0 Å². The van der Waals surface area contributed by atoms with E-state index in [2.05, 4.69) is 15.5 Å². The molecule has 4 rings (SSSR count). The van der Waals surface area contributed by atoms with Crippen LogP contribution in [-0.2, 0) is 16.5 Å². The normalized spacial score (nSPS) is 11.7. The highest BCUT2D eigenvalue weighted by Crippen LogP contribution is 2.41. The lowest BCUT2D eigenvalue weighted by Gasteiger charge is -2.14. The van der Waals surface area contributed by atoms with Crippen molar-refractivity contribution in [2.24, 2.45) is 10.2 Å². The standard InChI is InChI=1S/C27H23Cl2N3O6S/c1-3-15-12-17(39(35,36)37)14-22(23(15)29)31-32-24-18-9-6-5-8-16(18)13-19(25(24)33)27(34)30-21-11-7-10-20(28)26(21)38-4-2/h5-14,33H,3-4H2,1-2H3,(H,30,34)(H,35,36,37). The van der Waals surface area contributed by atoms with Gasteiger partial charge < -0.3 is 15.2 Å². The van der Waals surface area contributed by atoms with Crippen molar-refractivity contribution in [2.45, 2.75) is 25.2 Å². The molecular weight excluding hydrogens is 565 g/mol. The Morgan fingerprint density at radius 3 is 2.46 bits per heavy atom. The summed E-state index contributed by atoms with van der Waals surface area (Å²) in [4.78, 5) is 12.9. The Morgan fingerprint density at radius 1 is 1.03 bits per heavy atom. The molecule has 4 aromatic rings. The number of phenols is 1. The quantitative estimate of drug-likeness (QED) is 0.142. The lowest BCUT2D eigenvalue weighted by Crippen LogP contribution is -2.13.